The highest BCUT2D eigenvalue weighted by Gasteiger charge is 2.49. The van der Waals surface area contributed by atoms with Gasteiger partial charge in [0, 0.05) is 5.56 Å². The van der Waals surface area contributed by atoms with Crippen LogP contribution in [0.3, 0.4) is 0 Å². The van der Waals surface area contributed by atoms with Crippen LogP contribution in [0.4, 0.5) is 5.69 Å². The maximum Gasteiger partial charge on any atom is 0.300 e. The molecule has 1 aromatic heterocycles. The molecule has 2 aromatic carbocycles. The maximum absolute atomic E-state index is 13.1. The fourth-order valence-electron chi connectivity index (χ4n) is 3.68. The number of phenolic OH excluding ortho intramolecular Hbond substituents is 1. The van der Waals surface area contributed by atoms with Crippen molar-refractivity contribution in [1.29, 1.82) is 0 Å². The quantitative estimate of drug-likeness (QED) is 0.373. The highest BCUT2D eigenvalue weighted by atomic mass is 16.5. The van der Waals surface area contributed by atoms with Gasteiger partial charge in [-0.3, -0.25) is 14.5 Å². The Balaban J connectivity index is 1.94. The Morgan fingerprint density at radius 3 is 2.35 bits per heavy atom. The molecule has 0 bridgehead atoms. The largest absolute Gasteiger partial charge is 0.507 e. The number of amides is 1. The minimum atomic E-state index is -1.04. The summed E-state index contributed by atoms with van der Waals surface area (Å²) in [6, 6.07) is 13.5. The number of methoxy groups -OCH3 is 1. The summed E-state index contributed by atoms with van der Waals surface area (Å²) in [5.74, 6) is -0.769. The smallest absolute Gasteiger partial charge is 0.300 e. The van der Waals surface area contributed by atoms with E-state index in [1.54, 1.807) is 55.5 Å². The third kappa shape index (κ3) is 3.44. The predicted molar refractivity (Wildman–Crippen MR) is 114 cm³/mol. The van der Waals surface area contributed by atoms with Gasteiger partial charge in [-0.1, -0.05) is 6.07 Å². The first-order valence-corrected chi connectivity index (χ1v) is 9.63. The number of Topliss-reactive ketones (excluding diaryl/α,β-unsaturated/α-hetero) is 1. The van der Waals surface area contributed by atoms with E-state index in [0.29, 0.717) is 22.8 Å². The van der Waals surface area contributed by atoms with Gasteiger partial charge in [-0.05, 0) is 67.9 Å². The number of carbonyl (C=O) groups is 2. The summed E-state index contributed by atoms with van der Waals surface area (Å²) in [4.78, 5) is 27.3. The molecule has 4 rings (SSSR count). The van der Waals surface area contributed by atoms with Crippen LogP contribution in [-0.2, 0) is 9.59 Å². The molecule has 0 saturated carbocycles. The van der Waals surface area contributed by atoms with Gasteiger partial charge in [-0.2, -0.15) is 0 Å². The lowest BCUT2D eigenvalue weighted by molar-refractivity contribution is -0.132. The average Bonchev–Trinajstić information content (AvgIpc) is 3.30. The molecule has 1 unspecified atom stereocenters. The number of benzene rings is 2. The number of furan rings is 1. The molecule has 7 nitrogen and oxygen atoms in total. The zero-order valence-corrected chi connectivity index (χ0v) is 17.2. The van der Waals surface area contributed by atoms with E-state index >= 15 is 0 Å². The number of anilines is 1. The van der Waals surface area contributed by atoms with Crippen molar-refractivity contribution < 1.29 is 29.0 Å². The van der Waals surface area contributed by atoms with Crippen molar-refractivity contribution in [3.8, 4) is 11.5 Å². The number of carbonyl (C=O) groups excluding carboxylic acids is 2. The molecule has 2 N–H and O–H groups in total. The standard InChI is InChI=1S/C24H21NO6/c1-13-4-10-18(26)17(12-13)25-21(19-11-5-14(2)31-19)20(23(28)24(25)29)22(27)15-6-8-16(30-3)9-7-15/h4-12,21,26-27H,1-3H3/b22-20-. The zero-order chi connectivity index (χ0) is 22.3. The lowest BCUT2D eigenvalue weighted by atomic mass is 9.99. The summed E-state index contributed by atoms with van der Waals surface area (Å²) < 4.78 is 10.9. The lowest BCUT2D eigenvalue weighted by Gasteiger charge is -2.24. The predicted octanol–water partition coefficient (Wildman–Crippen LogP) is 4.24. The van der Waals surface area contributed by atoms with Crippen molar-refractivity contribution in [3.63, 3.8) is 0 Å². The normalized spacial score (nSPS) is 17.9. The number of ketones is 1. The van der Waals surface area contributed by atoms with Gasteiger partial charge in [0.05, 0.1) is 18.4 Å². The van der Waals surface area contributed by atoms with Gasteiger partial charge < -0.3 is 19.4 Å². The van der Waals surface area contributed by atoms with E-state index in [1.807, 2.05) is 6.92 Å². The Morgan fingerprint density at radius 1 is 1.03 bits per heavy atom. The molecular formula is C24H21NO6. The summed E-state index contributed by atoms with van der Waals surface area (Å²) in [7, 11) is 1.52. The number of hydrogen-bond donors (Lipinski definition) is 2. The van der Waals surface area contributed by atoms with E-state index in [9.17, 15) is 19.8 Å². The van der Waals surface area contributed by atoms with E-state index in [-0.39, 0.29) is 22.8 Å². The highest BCUT2D eigenvalue weighted by molar-refractivity contribution is 6.51. The van der Waals surface area contributed by atoms with E-state index in [1.165, 1.54) is 13.2 Å². The summed E-state index contributed by atoms with van der Waals surface area (Å²) in [5.41, 5.74) is 1.18. The van der Waals surface area contributed by atoms with E-state index in [4.69, 9.17) is 9.15 Å². The second-order valence-corrected chi connectivity index (χ2v) is 7.34. The molecule has 1 amide bonds. The van der Waals surface area contributed by atoms with Crippen molar-refractivity contribution in [1.82, 2.24) is 0 Å². The Bertz CT molecular complexity index is 1210. The van der Waals surface area contributed by atoms with Gasteiger partial charge in [-0.15, -0.1) is 0 Å². The third-order valence-electron chi connectivity index (χ3n) is 5.23. The SMILES string of the molecule is COc1ccc(/C(O)=C2/C(=O)C(=O)N(c3cc(C)ccc3O)C2c2ccc(C)o2)cc1. The van der Waals surface area contributed by atoms with Gasteiger partial charge in [0.15, 0.2) is 0 Å². The first-order chi connectivity index (χ1) is 14.8. The molecule has 0 aliphatic carbocycles. The molecule has 1 aliphatic heterocycles. The number of aryl methyl sites for hydroxylation is 2. The Morgan fingerprint density at radius 2 is 1.74 bits per heavy atom. The Labute approximate surface area is 178 Å². The number of aromatic hydroxyl groups is 1. The second kappa shape index (κ2) is 7.68. The molecule has 1 atom stereocenters. The van der Waals surface area contributed by atoms with Crippen molar-refractivity contribution in [2.45, 2.75) is 19.9 Å². The number of aliphatic hydroxyl groups is 1. The first-order valence-electron chi connectivity index (χ1n) is 9.63. The molecule has 2 heterocycles. The number of ether oxygens (including phenoxy) is 1. The van der Waals surface area contributed by atoms with Crippen LogP contribution in [0.15, 0.2) is 64.6 Å². The van der Waals surface area contributed by atoms with E-state index < -0.39 is 17.7 Å². The lowest BCUT2D eigenvalue weighted by Crippen LogP contribution is -2.29. The van der Waals surface area contributed by atoms with Crippen LogP contribution in [0, 0.1) is 13.8 Å². The molecule has 7 heteroatoms. The van der Waals surface area contributed by atoms with Gasteiger partial charge in [0.2, 0.25) is 0 Å². The molecule has 1 saturated heterocycles. The summed E-state index contributed by atoms with van der Waals surface area (Å²) in [5, 5.41) is 21.5. The zero-order valence-electron chi connectivity index (χ0n) is 17.2. The minimum absolute atomic E-state index is 0.120. The van der Waals surface area contributed by atoms with Gasteiger partial charge in [0.1, 0.15) is 34.8 Å². The molecule has 3 aromatic rings. The van der Waals surface area contributed by atoms with Crippen molar-refractivity contribution in [2.75, 3.05) is 12.0 Å². The van der Waals surface area contributed by atoms with E-state index in [0.717, 1.165) is 10.5 Å². The topological polar surface area (TPSA) is 100 Å². The second-order valence-electron chi connectivity index (χ2n) is 7.34. The fraction of sp³-hybridized carbons (Fsp3) is 0.167. The Kier molecular flexibility index (Phi) is 5.02. The molecule has 1 fully saturated rings. The minimum Gasteiger partial charge on any atom is -0.507 e. The molecule has 1 aliphatic rings. The monoisotopic (exact) mass is 419 g/mol. The van der Waals surface area contributed by atoms with Crippen LogP contribution >= 0.6 is 0 Å². The van der Waals surface area contributed by atoms with Crippen molar-refractivity contribution >= 4 is 23.1 Å². The number of aliphatic hydroxyl groups excluding tert-OH is 1. The van der Waals surface area contributed by atoms with Crippen LogP contribution < -0.4 is 9.64 Å². The van der Waals surface area contributed by atoms with Crippen molar-refractivity contribution in [2.24, 2.45) is 0 Å². The summed E-state index contributed by atoms with van der Waals surface area (Å²) >= 11 is 0. The number of nitrogens with zero attached hydrogens (tertiary/aromatic N) is 1. The maximum atomic E-state index is 13.1. The first kappa shape index (κ1) is 20.3. The number of phenols is 1. The van der Waals surface area contributed by atoms with Crippen molar-refractivity contribution in [3.05, 3.63) is 82.8 Å². The summed E-state index contributed by atoms with van der Waals surface area (Å²) in [6.45, 7) is 3.55. The van der Waals surface area contributed by atoms with Gasteiger partial charge in [-0.25, -0.2) is 0 Å². The van der Waals surface area contributed by atoms with Crippen LogP contribution in [0.1, 0.15) is 28.7 Å². The molecule has 158 valence electrons. The van der Waals surface area contributed by atoms with Crippen LogP contribution in [0.25, 0.3) is 5.76 Å². The number of hydrogen-bond acceptors (Lipinski definition) is 6. The average molecular weight is 419 g/mol. The third-order valence-corrected chi connectivity index (χ3v) is 5.23. The molecule has 0 radical (unpaired) electrons. The highest BCUT2D eigenvalue weighted by Crippen LogP contribution is 2.45. The molecule has 31 heavy (non-hydrogen) atoms. The Hall–Kier alpha value is -4.00. The number of rotatable bonds is 4. The van der Waals surface area contributed by atoms with Gasteiger partial charge >= 0.3 is 0 Å². The fourth-order valence-corrected chi connectivity index (χ4v) is 3.68. The van der Waals surface area contributed by atoms with Crippen LogP contribution in [0.5, 0.6) is 11.5 Å². The summed E-state index contributed by atoms with van der Waals surface area (Å²) in [6.07, 6.45) is 0. The van der Waals surface area contributed by atoms with Crippen LogP contribution in [-0.4, -0.2) is 29.0 Å². The molecule has 0 spiro atoms. The molecular weight excluding hydrogens is 398 g/mol. The van der Waals surface area contributed by atoms with E-state index in [2.05, 4.69) is 0 Å². The van der Waals surface area contributed by atoms with Gasteiger partial charge in [0.25, 0.3) is 11.7 Å². The van der Waals surface area contributed by atoms with Crippen LogP contribution in [0.2, 0.25) is 0 Å².